The van der Waals surface area contributed by atoms with Gasteiger partial charge in [0.25, 0.3) is 11.7 Å². The molecule has 0 atom stereocenters. The molecule has 9 heteroatoms. The zero-order valence-electron chi connectivity index (χ0n) is 14.9. The Morgan fingerprint density at radius 2 is 2.00 bits per heavy atom. The van der Waals surface area contributed by atoms with E-state index in [1.165, 1.54) is 0 Å². The van der Waals surface area contributed by atoms with E-state index in [9.17, 15) is 4.79 Å². The highest BCUT2D eigenvalue weighted by atomic mass is 16.6. The second-order valence-electron chi connectivity index (χ2n) is 6.88. The lowest BCUT2D eigenvalue weighted by Gasteiger charge is -2.10. The molecule has 3 aromatic heterocycles. The molecule has 0 unspecified atom stereocenters. The van der Waals surface area contributed by atoms with E-state index in [4.69, 9.17) is 9.26 Å². The molecule has 0 N–H and O–H groups in total. The molecule has 0 saturated carbocycles. The summed E-state index contributed by atoms with van der Waals surface area (Å²) in [4.78, 5) is 24.8. The van der Waals surface area contributed by atoms with E-state index >= 15 is 0 Å². The summed E-state index contributed by atoms with van der Waals surface area (Å²) in [6, 6.07) is 1.90. The van der Waals surface area contributed by atoms with Crippen molar-refractivity contribution in [2.45, 2.75) is 53.1 Å². The first-order valence-electron chi connectivity index (χ1n) is 7.91. The van der Waals surface area contributed by atoms with Gasteiger partial charge in [-0.25, -0.2) is 9.50 Å². The van der Waals surface area contributed by atoms with E-state index in [1.807, 2.05) is 40.7 Å². The van der Waals surface area contributed by atoms with Gasteiger partial charge in [0, 0.05) is 16.8 Å². The summed E-state index contributed by atoms with van der Waals surface area (Å²) in [5, 5.41) is 8.16. The molecule has 9 nitrogen and oxygen atoms in total. The highest BCUT2D eigenvalue weighted by molar-refractivity contribution is 5.71. The van der Waals surface area contributed by atoms with Crippen LogP contribution >= 0.6 is 0 Å². The first-order valence-corrected chi connectivity index (χ1v) is 7.91. The number of nitrogens with zero attached hydrogens (tertiary/aromatic N) is 6. The number of hydrogen-bond donors (Lipinski definition) is 0. The van der Waals surface area contributed by atoms with E-state index in [1.54, 1.807) is 4.52 Å². The molecule has 3 aromatic rings. The normalized spacial score (nSPS) is 11.9. The first kappa shape index (κ1) is 17.0. The summed E-state index contributed by atoms with van der Waals surface area (Å²) in [5.74, 6) is 1.17. The van der Waals surface area contributed by atoms with Crippen molar-refractivity contribution in [2.75, 3.05) is 0 Å². The lowest BCUT2D eigenvalue weighted by Crippen LogP contribution is -2.13. The number of aryl methyl sites for hydroxylation is 2. The molecule has 0 saturated heterocycles. The van der Waals surface area contributed by atoms with E-state index in [0.717, 1.165) is 11.4 Å². The fourth-order valence-electron chi connectivity index (χ4n) is 2.22. The van der Waals surface area contributed by atoms with Gasteiger partial charge in [0.2, 0.25) is 0 Å². The maximum absolute atomic E-state index is 12.0. The summed E-state index contributed by atoms with van der Waals surface area (Å²) < 4.78 is 11.8. The predicted octanol–water partition coefficient (Wildman–Crippen LogP) is 1.71. The average Bonchev–Trinajstić information content (AvgIpc) is 3.11. The van der Waals surface area contributed by atoms with Crippen molar-refractivity contribution in [3.63, 3.8) is 0 Å². The van der Waals surface area contributed by atoms with Gasteiger partial charge in [-0.1, -0.05) is 25.9 Å². The number of ether oxygens (including phenoxy) is 1. The van der Waals surface area contributed by atoms with Crippen LogP contribution in [0.25, 0.3) is 5.78 Å². The Hall–Kier alpha value is -2.84. The second kappa shape index (κ2) is 6.23. The lowest BCUT2D eigenvalue weighted by molar-refractivity contribution is -0.145. The van der Waals surface area contributed by atoms with Crippen LogP contribution in [0.1, 0.15) is 49.7 Å². The summed E-state index contributed by atoms with van der Waals surface area (Å²) >= 11 is 0. The van der Waals surface area contributed by atoms with Crippen LogP contribution in [0.3, 0.4) is 0 Å². The van der Waals surface area contributed by atoms with Crippen LogP contribution in [0.4, 0.5) is 0 Å². The molecule has 0 bridgehead atoms. The van der Waals surface area contributed by atoms with Crippen molar-refractivity contribution in [3.8, 4) is 0 Å². The highest BCUT2D eigenvalue weighted by Gasteiger charge is 2.21. The number of carbonyl (C=O) groups excluding carboxylic acids is 1. The molecule has 25 heavy (non-hydrogen) atoms. The van der Waals surface area contributed by atoms with Gasteiger partial charge in [-0.2, -0.15) is 9.97 Å². The molecular formula is C16H20N6O3. The smallest absolute Gasteiger partial charge is 0.314 e. The van der Waals surface area contributed by atoms with Crippen LogP contribution in [0.5, 0.6) is 0 Å². The van der Waals surface area contributed by atoms with Gasteiger partial charge in [0.1, 0.15) is 6.42 Å². The summed E-state index contributed by atoms with van der Waals surface area (Å²) in [6.07, 6.45) is -0.0535. The Bertz CT molecular complexity index is 922. The number of aromatic nitrogens is 6. The van der Waals surface area contributed by atoms with Crippen LogP contribution in [-0.2, 0) is 28.0 Å². The third-order valence-corrected chi connectivity index (χ3v) is 3.46. The molecule has 132 valence electrons. The Morgan fingerprint density at radius 1 is 1.24 bits per heavy atom. The quantitative estimate of drug-likeness (QED) is 0.658. The van der Waals surface area contributed by atoms with Crippen LogP contribution < -0.4 is 0 Å². The zero-order valence-corrected chi connectivity index (χ0v) is 14.9. The van der Waals surface area contributed by atoms with Crippen molar-refractivity contribution < 1.29 is 14.1 Å². The van der Waals surface area contributed by atoms with E-state index < -0.39 is 5.97 Å². The van der Waals surface area contributed by atoms with Gasteiger partial charge < -0.3 is 9.26 Å². The van der Waals surface area contributed by atoms with Gasteiger partial charge in [0.15, 0.2) is 18.3 Å². The molecular weight excluding hydrogens is 324 g/mol. The number of fused-ring (bicyclic) bond motifs is 1. The van der Waals surface area contributed by atoms with Gasteiger partial charge >= 0.3 is 5.97 Å². The van der Waals surface area contributed by atoms with Crippen LogP contribution in [0, 0.1) is 13.8 Å². The Kier molecular flexibility index (Phi) is 4.23. The molecule has 0 radical (unpaired) electrons. The van der Waals surface area contributed by atoms with Crippen molar-refractivity contribution in [3.05, 3.63) is 35.0 Å². The molecule has 0 fully saturated rings. The number of hydrogen-bond acceptors (Lipinski definition) is 8. The third-order valence-electron chi connectivity index (χ3n) is 3.46. The number of carbonyl (C=O) groups is 1. The monoisotopic (exact) mass is 344 g/mol. The predicted molar refractivity (Wildman–Crippen MR) is 86.8 cm³/mol. The number of esters is 1. The van der Waals surface area contributed by atoms with E-state index in [-0.39, 0.29) is 24.3 Å². The van der Waals surface area contributed by atoms with Crippen molar-refractivity contribution in [2.24, 2.45) is 0 Å². The van der Waals surface area contributed by atoms with Crippen molar-refractivity contribution >= 4 is 11.7 Å². The fourth-order valence-corrected chi connectivity index (χ4v) is 2.22. The van der Waals surface area contributed by atoms with Crippen molar-refractivity contribution in [1.82, 2.24) is 29.7 Å². The van der Waals surface area contributed by atoms with Gasteiger partial charge in [0.05, 0.1) is 0 Å². The van der Waals surface area contributed by atoms with Crippen LogP contribution in [0.15, 0.2) is 10.6 Å². The minimum Gasteiger partial charge on any atom is -0.455 e. The molecule has 3 rings (SSSR count). The topological polar surface area (TPSA) is 108 Å². The van der Waals surface area contributed by atoms with Gasteiger partial charge in [-0.15, -0.1) is 5.10 Å². The first-order chi connectivity index (χ1) is 11.7. The van der Waals surface area contributed by atoms with Crippen LogP contribution in [0.2, 0.25) is 0 Å². The molecule has 0 spiro atoms. The van der Waals surface area contributed by atoms with E-state index in [0.29, 0.717) is 17.4 Å². The average molecular weight is 344 g/mol. The molecule has 0 amide bonds. The largest absolute Gasteiger partial charge is 0.455 e. The maximum Gasteiger partial charge on any atom is 0.314 e. The molecule has 0 aromatic carbocycles. The fraction of sp³-hybridized carbons (Fsp3) is 0.500. The van der Waals surface area contributed by atoms with Crippen LogP contribution in [-0.4, -0.2) is 35.7 Å². The second-order valence-corrected chi connectivity index (χ2v) is 6.88. The molecule has 0 aliphatic rings. The van der Waals surface area contributed by atoms with Gasteiger partial charge in [-0.3, -0.25) is 4.79 Å². The maximum atomic E-state index is 12.0. The highest BCUT2D eigenvalue weighted by Crippen LogP contribution is 2.18. The molecule has 0 aliphatic heterocycles. The molecule has 0 aliphatic carbocycles. The SMILES string of the molecule is Cc1cc(C)n2nc(CC(=O)OCc3nc(C(C)(C)C)no3)nc2n1. The Labute approximate surface area is 144 Å². The minimum atomic E-state index is -0.471. The Morgan fingerprint density at radius 3 is 2.68 bits per heavy atom. The third kappa shape index (κ3) is 3.81. The summed E-state index contributed by atoms with van der Waals surface area (Å²) in [6.45, 7) is 9.62. The van der Waals surface area contributed by atoms with Crippen molar-refractivity contribution in [1.29, 1.82) is 0 Å². The number of rotatable bonds is 4. The van der Waals surface area contributed by atoms with Gasteiger partial charge in [-0.05, 0) is 19.9 Å². The van der Waals surface area contributed by atoms with E-state index in [2.05, 4.69) is 25.2 Å². The summed E-state index contributed by atoms with van der Waals surface area (Å²) in [7, 11) is 0. The standard InChI is InChI=1S/C16H20N6O3/c1-9-6-10(2)22-15(17-9)18-11(20-22)7-13(23)24-8-12-19-14(21-25-12)16(3,4)5/h6H,7-8H2,1-5H3. The zero-order chi connectivity index (χ0) is 18.2. The summed E-state index contributed by atoms with van der Waals surface area (Å²) in [5.41, 5.74) is 1.52. The minimum absolute atomic E-state index is 0.0535. The lowest BCUT2D eigenvalue weighted by atomic mass is 9.96. The molecule has 3 heterocycles. The Balaban J connectivity index is 1.63.